The summed E-state index contributed by atoms with van der Waals surface area (Å²) in [5.74, 6) is -1.16. The van der Waals surface area contributed by atoms with Gasteiger partial charge in [0.1, 0.15) is 11.4 Å². The van der Waals surface area contributed by atoms with Gasteiger partial charge in [0.2, 0.25) is 5.91 Å². The first-order valence-corrected chi connectivity index (χ1v) is 8.72. The molecule has 2 atom stereocenters. The van der Waals surface area contributed by atoms with Crippen LogP contribution in [-0.4, -0.2) is 38.9 Å². The molecule has 2 rings (SSSR count). The summed E-state index contributed by atoms with van der Waals surface area (Å²) >= 11 is 3.18. The number of rotatable bonds is 3. The summed E-state index contributed by atoms with van der Waals surface area (Å²) in [6, 6.07) is 7.13. The monoisotopic (exact) mass is 325 g/mol. The molecule has 1 aromatic carbocycles. The minimum atomic E-state index is -0.953. The fourth-order valence-corrected chi connectivity index (χ4v) is 4.64. The maximum absolute atomic E-state index is 12.0. The number of nitrogens with zero attached hydrogens (tertiary/aromatic N) is 1. The van der Waals surface area contributed by atoms with Crippen LogP contribution in [0.4, 0.5) is 0 Å². The van der Waals surface area contributed by atoms with Crippen LogP contribution in [0.25, 0.3) is 0 Å². The number of carboxylic acid groups (broad SMARTS) is 1. The molecule has 1 aromatic rings. The molecule has 0 bridgehead atoms. The Morgan fingerprint density at radius 1 is 1.29 bits per heavy atom. The molecule has 0 aliphatic carbocycles. The number of carbonyl (C=O) groups excluding carboxylic acids is 1. The van der Waals surface area contributed by atoms with Crippen LogP contribution in [-0.2, 0) is 9.59 Å². The lowest BCUT2D eigenvalue weighted by Gasteiger charge is -2.28. The lowest BCUT2D eigenvalue weighted by atomic mass is 10.0. The summed E-state index contributed by atoms with van der Waals surface area (Å²) in [5.41, 5.74) is 0.963. The van der Waals surface area contributed by atoms with E-state index in [0.29, 0.717) is 0 Å². The molecule has 6 heteroatoms. The molecule has 1 heterocycles. The largest absolute Gasteiger partial charge is 0.480 e. The molecule has 1 amide bonds. The van der Waals surface area contributed by atoms with Gasteiger partial charge in [-0.2, -0.15) is 0 Å². The molecule has 1 aliphatic rings. The highest BCUT2D eigenvalue weighted by Gasteiger charge is 2.52. The molecule has 0 radical (unpaired) electrons. The van der Waals surface area contributed by atoms with Crippen LogP contribution in [0.2, 0.25) is 0 Å². The van der Waals surface area contributed by atoms with Gasteiger partial charge in [0.25, 0.3) is 0 Å². The molecule has 21 heavy (non-hydrogen) atoms. The van der Waals surface area contributed by atoms with E-state index in [1.165, 1.54) is 23.6 Å². The third-order valence-electron chi connectivity index (χ3n) is 3.60. The predicted octanol–water partition coefficient (Wildman–Crippen LogP) is 3.23. The number of benzene rings is 1. The van der Waals surface area contributed by atoms with Crippen LogP contribution in [0.3, 0.4) is 0 Å². The number of carboxylic acids is 1. The average molecular weight is 325 g/mol. The van der Waals surface area contributed by atoms with E-state index in [1.807, 2.05) is 44.4 Å². The zero-order valence-electron chi connectivity index (χ0n) is 12.5. The first kappa shape index (κ1) is 16.2. The first-order valence-electron chi connectivity index (χ1n) is 6.61. The Labute approximate surface area is 133 Å². The van der Waals surface area contributed by atoms with Gasteiger partial charge in [-0.25, -0.2) is 4.79 Å². The topological polar surface area (TPSA) is 57.6 Å². The second-order valence-electron chi connectivity index (χ2n) is 5.51. The van der Waals surface area contributed by atoms with Crippen LogP contribution >= 0.6 is 23.5 Å². The van der Waals surface area contributed by atoms with E-state index in [1.54, 1.807) is 11.8 Å². The summed E-state index contributed by atoms with van der Waals surface area (Å²) in [7, 11) is 0. The van der Waals surface area contributed by atoms with Gasteiger partial charge in [-0.3, -0.25) is 4.79 Å². The summed E-state index contributed by atoms with van der Waals surface area (Å²) in [6.45, 7) is 5.19. The third-order valence-corrected chi connectivity index (χ3v) is 5.90. The molecule has 0 aromatic heterocycles. The Balaban J connectivity index is 2.42. The van der Waals surface area contributed by atoms with E-state index in [2.05, 4.69) is 0 Å². The molecule has 1 saturated heterocycles. The van der Waals surface area contributed by atoms with Gasteiger partial charge in [-0.05, 0) is 37.8 Å². The van der Waals surface area contributed by atoms with Gasteiger partial charge >= 0.3 is 5.97 Å². The van der Waals surface area contributed by atoms with Crippen molar-refractivity contribution in [1.82, 2.24) is 4.90 Å². The van der Waals surface area contributed by atoms with Gasteiger partial charge < -0.3 is 10.0 Å². The van der Waals surface area contributed by atoms with E-state index in [9.17, 15) is 14.7 Å². The minimum absolute atomic E-state index is 0.209. The van der Waals surface area contributed by atoms with Crippen molar-refractivity contribution in [2.75, 3.05) is 6.26 Å². The number of amides is 1. The summed E-state index contributed by atoms with van der Waals surface area (Å²) in [4.78, 5) is 26.2. The first-order chi connectivity index (χ1) is 9.77. The molecule has 0 spiro atoms. The Kier molecular flexibility index (Phi) is 4.58. The maximum Gasteiger partial charge on any atom is 0.327 e. The molecule has 1 aliphatic heterocycles. The average Bonchev–Trinajstić information content (AvgIpc) is 2.70. The zero-order valence-corrected chi connectivity index (χ0v) is 14.1. The van der Waals surface area contributed by atoms with Crippen molar-refractivity contribution in [3.63, 3.8) is 0 Å². The fraction of sp³-hybridized carbons (Fsp3) is 0.467. The second kappa shape index (κ2) is 5.93. The van der Waals surface area contributed by atoms with Crippen molar-refractivity contribution in [2.24, 2.45) is 0 Å². The number of aliphatic carboxylic acids is 1. The van der Waals surface area contributed by atoms with E-state index in [4.69, 9.17) is 0 Å². The molecule has 0 unspecified atom stereocenters. The van der Waals surface area contributed by atoms with Gasteiger partial charge in [0, 0.05) is 16.6 Å². The highest BCUT2D eigenvalue weighted by Crippen LogP contribution is 2.52. The van der Waals surface area contributed by atoms with E-state index >= 15 is 0 Å². The molecule has 1 N–H and O–H groups in total. The quantitative estimate of drug-likeness (QED) is 0.865. The van der Waals surface area contributed by atoms with Crippen molar-refractivity contribution >= 4 is 35.4 Å². The SMILES string of the molecule is CSc1ccc([C@H]2SC(C)(C)[C@H](C(=O)O)N2C(C)=O)cc1. The number of hydrogen-bond donors (Lipinski definition) is 1. The lowest BCUT2D eigenvalue weighted by molar-refractivity contribution is -0.150. The number of hydrogen-bond acceptors (Lipinski definition) is 4. The standard InChI is InChI=1S/C15H19NO3S2/c1-9(17)16-12(14(18)19)15(2,3)21-13(16)10-5-7-11(20-4)8-6-10/h5-8,12-13H,1-4H3,(H,18,19)/t12-,13+/m0/s1. The minimum Gasteiger partial charge on any atom is -0.480 e. The van der Waals surface area contributed by atoms with Crippen molar-refractivity contribution < 1.29 is 14.7 Å². The smallest absolute Gasteiger partial charge is 0.327 e. The normalized spacial score (nSPS) is 24.1. The number of thioether (sulfide) groups is 2. The van der Waals surface area contributed by atoms with Gasteiger partial charge in [-0.15, -0.1) is 23.5 Å². The Morgan fingerprint density at radius 3 is 2.29 bits per heavy atom. The lowest BCUT2D eigenvalue weighted by Crippen LogP contribution is -2.48. The molecule has 0 saturated carbocycles. The van der Waals surface area contributed by atoms with Crippen LogP contribution in [0.15, 0.2) is 29.2 Å². The van der Waals surface area contributed by atoms with Gasteiger partial charge in [0.15, 0.2) is 0 Å². The molecule has 1 fully saturated rings. The third kappa shape index (κ3) is 3.06. The Morgan fingerprint density at radius 2 is 1.86 bits per heavy atom. The van der Waals surface area contributed by atoms with Crippen molar-refractivity contribution in [3.8, 4) is 0 Å². The van der Waals surface area contributed by atoms with E-state index in [-0.39, 0.29) is 11.3 Å². The molecular weight excluding hydrogens is 306 g/mol. The van der Waals surface area contributed by atoms with Crippen LogP contribution in [0, 0.1) is 0 Å². The maximum atomic E-state index is 12.0. The van der Waals surface area contributed by atoms with Gasteiger partial charge in [0.05, 0.1) is 0 Å². The highest BCUT2D eigenvalue weighted by atomic mass is 32.2. The second-order valence-corrected chi connectivity index (χ2v) is 8.13. The summed E-state index contributed by atoms with van der Waals surface area (Å²) in [5, 5.41) is 9.25. The van der Waals surface area contributed by atoms with Crippen molar-refractivity contribution in [1.29, 1.82) is 0 Å². The van der Waals surface area contributed by atoms with Crippen molar-refractivity contribution in [3.05, 3.63) is 29.8 Å². The van der Waals surface area contributed by atoms with Gasteiger partial charge in [-0.1, -0.05) is 12.1 Å². The molecular formula is C15H19NO3S2. The fourth-order valence-electron chi connectivity index (χ4n) is 2.64. The highest BCUT2D eigenvalue weighted by molar-refractivity contribution is 8.01. The zero-order chi connectivity index (χ0) is 15.8. The van der Waals surface area contributed by atoms with E-state index in [0.717, 1.165) is 10.5 Å². The predicted molar refractivity (Wildman–Crippen MR) is 86.6 cm³/mol. The number of carbonyl (C=O) groups is 2. The Hall–Kier alpha value is -1.14. The molecule has 4 nitrogen and oxygen atoms in total. The summed E-state index contributed by atoms with van der Waals surface area (Å²) < 4.78 is -0.527. The van der Waals surface area contributed by atoms with Crippen LogP contribution < -0.4 is 0 Å². The Bertz CT molecular complexity index is 557. The van der Waals surface area contributed by atoms with Crippen LogP contribution in [0.1, 0.15) is 31.7 Å². The van der Waals surface area contributed by atoms with Crippen molar-refractivity contribution in [2.45, 2.75) is 41.8 Å². The molecule has 114 valence electrons. The van der Waals surface area contributed by atoms with E-state index < -0.39 is 16.8 Å². The summed E-state index contributed by atoms with van der Waals surface area (Å²) in [6.07, 6.45) is 2.00. The van der Waals surface area contributed by atoms with Crippen LogP contribution in [0.5, 0.6) is 0 Å².